The summed E-state index contributed by atoms with van der Waals surface area (Å²) in [5.41, 5.74) is 7.91. The van der Waals surface area contributed by atoms with Crippen LogP contribution < -0.4 is 0 Å². The first-order valence-electron chi connectivity index (χ1n) is 6.39. The van der Waals surface area contributed by atoms with Crippen molar-refractivity contribution in [3.8, 4) is 0 Å². The molecule has 0 saturated heterocycles. The number of allylic oxidation sites excluding steroid dienone is 2. The average Bonchev–Trinajstić information content (AvgIpc) is 2.39. The van der Waals surface area contributed by atoms with Crippen molar-refractivity contribution in [2.75, 3.05) is 0 Å². The summed E-state index contributed by atoms with van der Waals surface area (Å²) in [4.78, 5) is 2.74. The molecule has 1 aliphatic carbocycles. The second-order valence-corrected chi connectivity index (χ2v) is 5.15. The molecule has 104 valence electrons. The van der Waals surface area contributed by atoms with Gasteiger partial charge in [-0.25, -0.2) is 8.78 Å². The molecule has 0 radical (unpaired) electrons. The fourth-order valence-corrected chi connectivity index (χ4v) is 2.34. The number of halogens is 2. The fraction of sp³-hybridized carbons (Fsp3) is 0.333. The Morgan fingerprint density at radius 2 is 1.90 bits per heavy atom. The maximum atomic E-state index is 14.4. The highest BCUT2D eigenvalue weighted by atomic mass is 19.1. The lowest BCUT2D eigenvalue weighted by atomic mass is 9.78. The second kappa shape index (κ2) is 5.47. The Balaban J connectivity index is 2.52. The van der Waals surface area contributed by atoms with Crippen LogP contribution in [0.2, 0.25) is 0 Å². The summed E-state index contributed by atoms with van der Waals surface area (Å²) in [6.45, 7) is 3.55. The molecule has 0 aliphatic heterocycles. The average molecular weight is 275 g/mol. The van der Waals surface area contributed by atoms with Gasteiger partial charge < -0.3 is 0 Å². The first-order valence-corrected chi connectivity index (χ1v) is 6.39. The van der Waals surface area contributed by atoms with Crippen LogP contribution in [0.1, 0.15) is 25.8 Å². The normalized spacial score (nSPS) is 22.6. The predicted molar refractivity (Wildman–Crippen MR) is 75.0 cm³/mol. The van der Waals surface area contributed by atoms with E-state index in [1.165, 1.54) is 6.08 Å². The van der Waals surface area contributed by atoms with Crippen molar-refractivity contribution in [3.63, 3.8) is 0 Å². The molecule has 20 heavy (non-hydrogen) atoms. The summed E-state index contributed by atoms with van der Waals surface area (Å²) in [5.74, 6) is -1.47. The standard InChI is InChI=1S/C15H15F2N3/c1-10(2)15(19-20-18)8-12(16)14(13(17)9-15)11-6-4-3-5-7-11/h3-8,10H,9H2,1-2H3. The third-order valence-corrected chi connectivity index (χ3v) is 3.62. The van der Waals surface area contributed by atoms with Crippen molar-refractivity contribution in [3.05, 3.63) is 64.1 Å². The van der Waals surface area contributed by atoms with E-state index >= 15 is 0 Å². The van der Waals surface area contributed by atoms with E-state index < -0.39 is 17.2 Å². The third-order valence-electron chi connectivity index (χ3n) is 3.62. The van der Waals surface area contributed by atoms with Gasteiger partial charge in [0.1, 0.15) is 11.7 Å². The largest absolute Gasteiger partial charge is 0.211 e. The first kappa shape index (κ1) is 14.3. The van der Waals surface area contributed by atoms with Crippen LogP contribution in [-0.2, 0) is 0 Å². The second-order valence-electron chi connectivity index (χ2n) is 5.15. The number of benzene rings is 1. The molecule has 1 atom stereocenters. The van der Waals surface area contributed by atoms with Crippen LogP contribution in [0.25, 0.3) is 16.0 Å². The molecule has 0 N–H and O–H groups in total. The summed E-state index contributed by atoms with van der Waals surface area (Å²) < 4.78 is 28.7. The molecule has 1 aromatic carbocycles. The Bertz CT molecular complexity index is 613. The fourth-order valence-electron chi connectivity index (χ4n) is 2.34. The van der Waals surface area contributed by atoms with Crippen molar-refractivity contribution >= 4 is 5.57 Å². The van der Waals surface area contributed by atoms with Gasteiger partial charge in [0.05, 0.1) is 5.54 Å². The summed E-state index contributed by atoms with van der Waals surface area (Å²) in [6, 6.07) is 8.53. The molecule has 0 heterocycles. The first-order chi connectivity index (χ1) is 9.50. The van der Waals surface area contributed by atoms with Crippen LogP contribution in [0, 0.1) is 5.92 Å². The van der Waals surface area contributed by atoms with Crippen molar-refractivity contribution < 1.29 is 8.78 Å². The van der Waals surface area contributed by atoms with Gasteiger partial charge in [-0.2, -0.15) is 0 Å². The van der Waals surface area contributed by atoms with Crippen LogP contribution in [0.4, 0.5) is 8.78 Å². The molecular weight excluding hydrogens is 260 g/mol. The number of hydrogen-bond donors (Lipinski definition) is 0. The highest BCUT2D eigenvalue weighted by Gasteiger charge is 2.38. The zero-order valence-corrected chi connectivity index (χ0v) is 11.3. The Morgan fingerprint density at radius 1 is 1.25 bits per heavy atom. The van der Waals surface area contributed by atoms with Gasteiger partial charge in [-0.15, -0.1) is 0 Å². The van der Waals surface area contributed by atoms with E-state index in [0.29, 0.717) is 5.56 Å². The number of hydrogen-bond acceptors (Lipinski definition) is 1. The maximum absolute atomic E-state index is 14.4. The van der Waals surface area contributed by atoms with Gasteiger partial charge in [0, 0.05) is 16.9 Å². The van der Waals surface area contributed by atoms with Gasteiger partial charge in [0.25, 0.3) is 0 Å². The molecule has 5 heteroatoms. The maximum Gasteiger partial charge on any atom is 0.130 e. The number of nitrogens with zero attached hydrogens (tertiary/aromatic N) is 3. The summed E-state index contributed by atoms with van der Waals surface area (Å²) >= 11 is 0. The minimum atomic E-state index is -1.18. The zero-order chi connectivity index (χ0) is 14.8. The number of azide groups is 1. The van der Waals surface area contributed by atoms with Crippen molar-refractivity contribution in [2.45, 2.75) is 25.8 Å². The summed E-state index contributed by atoms with van der Waals surface area (Å²) in [5, 5.41) is 3.63. The van der Waals surface area contributed by atoms with E-state index in [1.54, 1.807) is 44.2 Å². The Hall–Kier alpha value is -2.13. The van der Waals surface area contributed by atoms with E-state index in [-0.39, 0.29) is 17.9 Å². The summed E-state index contributed by atoms with van der Waals surface area (Å²) in [7, 11) is 0. The molecule has 1 aromatic rings. The van der Waals surface area contributed by atoms with Gasteiger partial charge in [0.2, 0.25) is 0 Å². The molecule has 0 fully saturated rings. The van der Waals surface area contributed by atoms with Crippen molar-refractivity contribution in [1.29, 1.82) is 0 Å². The summed E-state index contributed by atoms with van der Waals surface area (Å²) in [6.07, 6.45) is 1.12. The van der Waals surface area contributed by atoms with Crippen LogP contribution in [0.5, 0.6) is 0 Å². The van der Waals surface area contributed by atoms with E-state index in [0.717, 1.165) is 0 Å². The smallest absolute Gasteiger partial charge is 0.130 e. The third kappa shape index (κ3) is 2.45. The van der Waals surface area contributed by atoms with Gasteiger partial charge in [-0.05, 0) is 23.1 Å². The van der Waals surface area contributed by atoms with E-state index in [9.17, 15) is 8.78 Å². The quantitative estimate of drug-likeness (QED) is 0.406. The molecule has 1 unspecified atom stereocenters. The van der Waals surface area contributed by atoms with E-state index in [1.807, 2.05) is 0 Å². The minimum absolute atomic E-state index is 0.0463. The molecule has 2 rings (SSSR count). The molecule has 0 aromatic heterocycles. The van der Waals surface area contributed by atoms with Gasteiger partial charge in [0.15, 0.2) is 0 Å². The lowest BCUT2D eigenvalue weighted by Gasteiger charge is -2.32. The highest BCUT2D eigenvalue weighted by molar-refractivity contribution is 5.80. The SMILES string of the molecule is CC(C)C1(N=[N+]=[N-])C=C(F)C(c2ccccc2)=C(F)C1. The van der Waals surface area contributed by atoms with Crippen molar-refractivity contribution in [1.82, 2.24) is 0 Å². The van der Waals surface area contributed by atoms with Crippen LogP contribution >= 0.6 is 0 Å². The Kier molecular flexibility index (Phi) is 3.91. The lowest BCUT2D eigenvalue weighted by Crippen LogP contribution is -2.32. The van der Waals surface area contributed by atoms with Gasteiger partial charge >= 0.3 is 0 Å². The van der Waals surface area contributed by atoms with Crippen LogP contribution in [-0.4, -0.2) is 5.54 Å². The Labute approximate surface area is 116 Å². The number of rotatable bonds is 3. The molecule has 0 bridgehead atoms. The van der Waals surface area contributed by atoms with E-state index in [2.05, 4.69) is 10.0 Å². The molecule has 1 aliphatic rings. The lowest BCUT2D eigenvalue weighted by molar-refractivity contribution is 0.343. The van der Waals surface area contributed by atoms with Crippen molar-refractivity contribution in [2.24, 2.45) is 11.0 Å². The Morgan fingerprint density at radius 3 is 2.40 bits per heavy atom. The molecule has 0 saturated carbocycles. The highest BCUT2D eigenvalue weighted by Crippen LogP contribution is 2.43. The molecule has 0 amide bonds. The van der Waals surface area contributed by atoms with Crippen LogP contribution in [0.15, 0.2) is 53.2 Å². The molecule has 0 spiro atoms. The van der Waals surface area contributed by atoms with E-state index in [4.69, 9.17) is 5.53 Å². The van der Waals surface area contributed by atoms with Gasteiger partial charge in [-0.1, -0.05) is 49.3 Å². The predicted octanol–water partition coefficient (Wildman–Crippen LogP) is 5.33. The molecular formula is C15H15F2N3. The zero-order valence-electron chi connectivity index (χ0n) is 11.3. The van der Waals surface area contributed by atoms with Crippen LogP contribution in [0.3, 0.4) is 0 Å². The monoisotopic (exact) mass is 275 g/mol. The molecule has 3 nitrogen and oxygen atoms in total. The topological polar surface area (TPSA) is 48.8 Å². The minimum Gasteiger partial charge on any atom is -0.211 e. The van der Waals surface area contributed by atoms with Gasteiger partial charge in [-0.3, -0.25) is 0 Å².